The zero-order valence-electron chi connectivity index (χ0n) is 10.3. The second-order valence-electron chi connectivity index (χ2n) is 3.42. The van der Waals surface area contributed by atoms with Crippen molar-refractivity contribution in [2.75, 3.05) is 13.2 Å². The molecule has 1 heterocycles. The van der Waals surface area contributed by atoms with Gasteiger partial charge in [-0.1, -0.05) is 0 Å². The normalized spacial score (nSPS) is 27.0. The van der Waals surface area contributed by atoms with Gasteiger partial charge in [0.1, 0.15) is 0 Å². The Balaban J connectivity index is 2.90. The van der Waals surface area contributed by atoms with Crippen molar-refractivity contribution in [2.45, 2.75) is 31.7 Å². The van der Waals surface area contributed by atoms with E-state index in [0.29, 0.717) is 0 Å². The van der Waals surface area contributed by atoms with Gasteiger partial charge in [-0.15, -0.1) is 0 Å². The summed E-state index contributed by atoms with van der Waals surface area (Å²) in [5.74, 6) is -1.96. The van der Waals surface area contributed by atoms with Gasteiger partial charge < -0.3 is 18.9 Å². The lowest BCUT2D eigenvalue weighted by atomic mass is 10.2. The molecule has 110 valence electrons. The van der Waals surface area contributed by atoms with Crippen molar-refractivity contribution in [3.05, 3.63) is 0 Å². The fourth-order valence-corrected chi connectivity index (χ4v) is 1.88. The Morgan fingerprint density at radius 2 is 1.42 bits per heavy atom. The molecule has 10 heteroatoms. The maximum Gasteiger partial charge on any atom is 0.338 e. The molecule has 0 amide bonds. The van der Waals surface area contributed by atoms with Crippen molar-refractivity contribution in [2.24, 2.45) is 0 Å². The van der Waals surface area contributed by atoms with Crippen LogP contribution in [-0.4, -0.2) is 56.0 Å². The molecule has 1 fully saturated rings. The van der Waals surface area contributed by atoms with Crippen LogP contribution in [0.15, 0.2) is 0 Å². The molecule has 0 radical (unpaired) electrons. The minimum atomic E-state index is -4.73. The first-order chi connectivity index (χ1) is 8.81. The molecular formula is C9H14O9S. The molecule has 2 unspecified atom stereocenters. The van der Waals surface area contributed by atoms with Crippen LogP contribution < -0.4 is 0 Å². The fraction of sp³-hybridized carbons (Fsp3) is 0.778. The third kappa shape index (κ3) is 3.86. The summed E-state index contributed by atoms with van der Waals surface area (Å²) in [5.41, 5.74) is -2.13. The number of carbonyl (C=O) groups is 2. The molecule has 0 aliphatic carbocycles. The fourth-order valence-electron chi connectivity index (χ4n) is 1.36. The number of esters is 2. The van der Waals surface area contributed by atoms with E-state index in [-0.39, 0.29) is 13.2 Å². The first-order valence-electron chi connectivity index (χ1n) is 5.41. The van der Waals surface area contributed by atoms with Crippen LogP contribution in [0.2, 0.25) is 0 Å². The molecule has 0 spiro atoms. The van der Waals surface area contributed by atoms with Crippen LogP contribution in [-0.2, 0) is 38.7 Å². The van der Waals surface area contributed by atoms with Gasteiger partial charge in [-0.05, 0) is 13.8 Å². The van der Waals surface area contributed by atoms with Crippen LogP contribution in [0.1, 0.15) is 13.8 Å². The van der Waals surface area contributed by atoms with E-state index < -0.39 is 39.9 Å². The molecule has 9 nitrogen and oxygen atoms in total. The highest BCUT2D eigenvalue weighted by atomic mass is 32.2. The Morgan fingerprint density at radius 3 is 1.68 bits per heavy atom. The summed E-state index contributed by atoms with van der Waals surface area (Å²) in [6, 6.07) is 0. The number of rotatable bonds is 5. The van der Waals surface area contributed by atoms with Crippen molar-refractivity contribution < 1.29 is 41.5 Å². The molecule has 1 saturated heterocycles. The number of carbonyl (C=O) groups excluding carboxylic acids is 2. The van der Waals surface area contributed by atoms with E-state index in [9.17, 15) is 18.0 Å². The van der Waals surface area contributed by atoms with Crippen molar-refractivity contribution >= 4 is 22.1 Å². The van der Waals surface area contributed by atoms with Gasteiger partial charge >= 0.3 is 22.1 Å². The van der Waals surface area contributed by atoms with Gasteiger partial charge in [0.05, 0.1) is 13.2 Å². The summed E-state index contributed by atoms with van der Waals surface area (Å²) in [4.78, 5) is 23.1. The topological polar surface area (TPSA) is 125 Å². The summed E-state index contributed by atoms with van der Waals surface area (Å²) in [6.45, 7) is 3.05. The van der Waals surface area contributed by atoms with Crippen molar-refractivity contribution in [3.8, 4) is 0 Å². The zero-order valence-corrected chi connectivity index (χ0v) is 11.1. The standard InChI is InChI=1S/C9H14O9S/c1-3-15-7(10)5-6(8(11)16-4-2)18-9(17-5)19(12,13)14/h5-6,9H,3-4H2,1-2H3,(H,12,13,14). The molecule has 2 atom stereocenters. The molecule has 0 saturated carbocycles. The highest BCUT2D eigenvalue weighted by Crippen LogP contribution is 2.24. The van der Waals surface area contributed by atoms with E-state index in [1.54, 1.807) is 0 Å². The third-order valence-corrected chi connectivity index (χ3v) is 2.78. The van der Waals surface area contributed by atoms with Crippen LogP contribution in [0.4, 0.5) is 0 Å². The quantitative estimate of drug-likeness (QED) is 0.506. The first kappa shape index (κ1) is 15.8. The Kier molecular flexibility index (Phi) is 5.23. The summed E-state index contributed by atoms with van der Waals surface area (Å²) in [5, 5.41) is 0. The van der Waals surface area contributed by atoms with Gasteiger partial charge in [-0.2, -0.15) is 8.42 Å². The summed E-state index contributed by atoms with van der Waals surface area (Å²) in [7, 11) is -4.73. The average molecular weight is 298 g/mol. The van der Waals surface area contributed by atoms with Crippen LogP contribution in [0.3, 0.4) is 0 Å². The van der Waals surface area contributed by atoms with Gasteiger partial charge in [-0.25, -0.2) is 9.59 Å². The Bertz CT molecular complexity index is 417. The maximum atomic E-state index is 11.5. The van der Waals surface area contributed by atoms with E-state index in [4.69, 9.17) is 4.55 Å². The van der Waals surface area contributed by atoms with E-state index in [1.165, 1.54) is 13.8 Å². The lowest BCUT2D eigenvalue weighted by Gasteiger charge is -2.13. The average Bonchev–Trinajstić information content (AvgIpc) is 2.74. The van der Waals surface area contributed by atoms with Crippen LogP contribution in [0.25, 0.3) is 0 Å². The zero-order chi connectivity index (χ0) is 14.6. The lowest BCUT2D eigenvalue weighted by molar-refractivity contribution is -0.163. The Labute approximate surface area is 109 Å². The summed E-state index contributed by atoms with van der Waals surface area (Å²) in [6.07, 6.45) is -3.21. The van der Waals surface area contributed by atoms with Crippen LogP contribution in [0.5, 0.6) is 0 Å². The molecule has 1 rings (SSSR count). The smallest absolute Gasteiger partial charge is 0.338 e. The van der Waals surface area contributed by atoms with Crippen molar-refractivity contribution in [1.29, 1.82) is 0 Å². The third-order valence-electron chi connectivity index (χ3n) is 2.07. The van der Waals surface area contributed by atoms with Crippen LogP contribution >= 0.6 is 0 Å². The minimum absolute atomic E-state index is 0.00474. The van der Waals surface area contributed by atoms with E-state index in [0.717, 1.165) is 0 Å². The highest BCUT2D eigenvalue weighted by Gasteiger charge is 2.51. The highest BCUT2D eigenvalue weighted by molar-refractivity contribution is 7.86. The molecule has 0 bridgehead atoms. The molecule has 0 aromatic heterocycles. The summed E-state index contributed by atoms with van der Waals surface area (Å²) >= 11 is 0. The molecule has 1 N–H and O–H groups in total. The van der Waals surface area contributed by atoms with Gasteiger partial charge in [0.25, 0.3) is 5.62 Å². The molecule has 0 aromatic rings. The predicted octanol–water partition coefficient (Wildman–Crippen LogP) is -0.932. The minimum Gasteiger partial charge on any atom is -0.464 e. The molecular weight excluding hydrogens is 284 g/mol. The Morgan fingerprint density at radius 1 is 1.05 bits per heavy atom. The van der Waals surface area contributed by atoms with Gasteiger partial charge in [-0.3, -0.25) is 4.55 Å². The number of hydrogen-bond acceptors (Lipinski definition) is 8. The predicted molar refractivity (Wildman–Crippen MR) is 58.3 cm³/mol. The van der Waals surface area contributed by atoms with Gasteiger partial charge in [0, 0.05) is 0 Å². The van der Waals surface area contributed by atoms with Crippen molar-refractivity contribution in [3.63, 3.8) is 0 Å². The van der Waals surface area contributed by atoms with E-state index in [1.807, 2.05) is 0 Å². The van der Waals surface area contributed by atoms with Crippen LogP contribution in [0, 0.1) is 0 Å². The molecule has 1 aliphatic heterocycles. The SMILES string of the molecule is CCOC(=O)C1OC(S(=O)(=O)O)OC1C(=O)OCC. The first-order valence-corrected chi connectivity index (χ1v) is 6.92. The Hall–Kier alpha value is -1.23. The second kappa shape index (κ2) is 6.28. The summed E-state index contributed by atoms with van der Waals surface area (Å²) < 4.78 is 49.2. The number of ether oxygens (including phenoxy) is 4. The van der Waals surface area contributed by atoms with E-state index >= 15 is 0 Å². The van der Waals surface area contributed by atoms with Gasteiger partial charge in [0.2, 0.25) is 0 Å². The van der Waals surface area contributed by atoms with E-state index in [2.05, 4.69) is 18.9 Å². The van der Waals surface area contributed by atoms with Crippen molar-refractivity contribution in [1.82, 2.24) is 0 Å². The second-order valence-corrected chi connectivity index (χ2v) is 4.84. The van der Waals surface area contributed by atoms with Gasteiger partial charge in [0.15, 0.2) is 12.2 Å². The number of hydrogen-bond donors (Lipinski definition) is 1. The molecule has 19 heavy (non-hydrogen) atoms. The molecule has 0 aromatic carbocycles. The lowest BCUT2D eigenvalue weighted by Crippen LogP contribution is -2.39. The monoisotopic (exact) mass is 298 g/mol. The maximum absolute atomic E-state index is 11.5. The largest absolute Gasteiger partial charge is 0.464 e. The molecule has 1 aliphatic rings.